The maximum atomic E-state index is 13.5. The van der Waals surface area contributed by atoms with E-state index in [9.17, 15) is 14.4 Å². The molecule has 3 aromatic heterocycles. The maximum Gasteiger partial charge on any atom is 0.410 e. The van der Waals surface area contributed by atoms with Crippen molar-refractivity contribution in [3.05, 3.63) is 77.0 Å². The second-order valence-corrected chi connectivity index (χ2v) is 11.2. The third-order valence-corrected chi connectivity index (χ3v) is 7.10. The molecule has 212 valence electrons. The van der Waals surface area contributed by atoms with E-state index in [-0.39, 0.29) is 17.8 Å². The zero-order valence-electron chi connectivity index (χ0n) is 23.8. The van der Waals surface area contributed by atoms with Crippen molar-refractivity contribution in [3.63, 3.8) is 0 Å². The van der Waals surface area contributed by atoms with Crippen LogP contribution in [0.2, 0.25) is 0 Å². The van der Waals surface area contributed by atoms with Gasteiger partial charge in [-0.2, -0.15) is 14.9 Å². The second-order valence-electron chi connectivity index (χ2n) is 11.2. The smallest absolute Gasteiger partial charge is 0.410 e. The Balaban J connectivity index is 1.34. The molecule has 41 heavy (non-hydrogen) atoms. The van der Waals surface area contributed by atoms with Crippen molar-refractivity contribution in [3.8, 4) is 17.3 Å². The number of halogens is 1. The van der Waals surface area contributed by atoms with Crippen LogP contribution in [-0.4, -0.2) is 49.3 Å². The molecule has 0 atom stereocenters. The Labute approximate surface area is 239 Å². The Kier molecular flexibility index (Phi) is 7.88. The Morgan fingerprint density at radius 1 is 1.10 bits per heavy atom. The molecule has 1 aliphatic rings. The predicted molar refractivity (Wildman–Crippen MR) is 154 cm³/mol. The van der Waals surface area contributed by atoms with Crippen LogP contribution in [0.25, 0.3) is 16.9 Å². The summed E-state index contributed by atoms with van der Waals surface area (Å²) in [5, 5.41) is 18.0. The number of piperidine rings is 1. The quantitative estimate of drug-likeness (QED) is 0.307. The molecule has 9 nitrogen and oxygen atoms in total. The zero-order valence-corrected chi connectivity index (χ0v) is 23.8. The molecule has 0 radical (unpaired) electrons. The van der Waals surface area contributed by atoms with E-state index in [1.54, 1.807) is 23.1 Å². The van der Waals surface area contributed by atoms with Crippen molar-refractivity contribution in [2.24, 2.45) is 0 Å². The maximum absolute atomic E-state index is 13.5. The number of carbonyl (C=O) groups is 1. The molecule has 4 heterocycles. The Hall–Kier alpha value is -4.52. The van der Waals surface area contributed by atoms with E-state index in [0.717, 1.165) is 47.8 Å². The fourth-order valence-electron chi connectivity index (χ4n) is 5.01. The molecule has 0 spiro atoms. The number of fused-ring (bicyclic) bond motifs is 1. The Morgan fingerprint density at radius 3 is 2.49 bits per heavy atom. The number of hydrogen-bond acceptors (Lipinski definition) is 7. The summed E-state index contributed by atoms with van der Waals surface area (Å²) >= 11 is 0. The number of imidazole rings is 1. The first-order valence-corrected chi connectivity index (χ1v) is 13.9. The zero-order chi connectivity index (χ0) is 29.1. The fourth-order valence-corrected chi connectivity index (χ4v) is 5.01. The van der Waals surface area contributed by atoms with Crippen LogP contribution in [0.3, 0.4) is 0 Å². The van der Waals surface area contributed by atoms with E-state index < -0.39 is 5.60 Å². The summed E-state index contributed by atoms with van der Waals surface area (Å²) in [5.74, 6) is 0.673. The van der Waals surface area contributed by atoms with Gasteiger partial charge in [-0.05, 0) is 88.6 Å². The number of carbonyl (C=O) groups excluding carboxylic acids is 1. The summed E-state index contributed by atoms with van der Waals surface area (Å²) < 4.78 is 20.8. The van der Waals surface area contributed by atoms with Gasteiger partial charge in [-0.3, -0.25) is 0 Å². The number of ether oxygens (including phenoxy) is 1. The highest BCUT2D eigenvalue weighted by molar-refractivity contribution is 5.68. The summed E-state index contributed by atoms with van der Waals surface area (Å²) in [7, 11) is 0. The Morgan fingerprint density at radius 2 is 1.83 bits per heavy atom. The molecular weight excluding hydrogens is 521 g/mol. The van der Waals surface area contributed by atoms with E-state index in [4.69, 9.17) is 19.8 Å². The number of nitrogens with one attached hydrogen (secondary N) is 1. The van der Waals surface area contributed by atoms with E-state index in [2.05, 4.69) is 11.4 Å². The minimum absolute atomic E-state index is 0.219. The van der Waals surface area contributed by atoms with Crippen LogP contribution < -0.4 is 5.32 Å². The number of anilines is 1. The third-order valence-electron chi connectivity index (χ3n) is 7.10. The van der Waals surface area contributed by atoms with Crippen molar-refractivity contribution in [2.75, 3.05) is 18.4 Å². The molecule has 1 N–H and O–H groups in total. The van der Waals surface area contributed by atoms with Gasteiger partial charge < -0.3 is 15.0 Å². The number of aromatic nitrogens is 4. The number of rotatable bonds is 6. The molecule has 0 saturated carbocycles. The van der Waals surface area contributed by atoms with Crippen molar-refractivity contribution in [2.45, 2.75) is 65.0 Å². The Bertz CT molecular complexity index is 1590. The average molecular weight is 556 g/mol. The van der Waals surface area contributed by atoms with Gasteiger partial charge in [-0.15, -0.1) is 0 Å². The van der Waals surface area contributed by atoms with Gasteiger partial charge >= 0.3 is 6.09 Å². The van der Waals surface area contributed by atoms with Gasteiger partial charge in [0.15, 0.2) is 11.5 Å². The molecule has 1 fully saturated rings. The molecule has 0 aliphatic carbocycles. The van der Waals surface area contributed by atoms with Crippen LogP contribution in [0.4, 0.5) is 15.0 Å². The van der Waals surface area contributed by atoms with E-state index in [1.165, 1.54) is 12.1 Å². The van der Waals surface area contributed by atoms with Gasteiger partial charge in [-0.25, -0.2) is 19.2 Å². The van der Waals surface area contributed by atoms with Crippen LogP contribution >= 0.6 is 0 Å². The first-order valence-electron chi connectivity index (χ1n) is 13.9. The summed E-state index contributed by atoms with van der Waals surface area (Å²) in [6, 6.07) is 15.7. The van der Waals surface area contributed by atoms with Crippen molar-refractivity contribution >= 4 is 17.6 Å². The first-order chi connectivity index (χ1) is 19.6. The molecule has 0 bridgehead atoms. The lowest BCUT2D eigenvalue weighted by Gasteiger charge is -2.33. The summed E-state index contributed by atoms with van der Waals surface area (Å²) in [4.78, 5) is 23.7. The van der Waals surface area contributed by atoms with Gasteiger partial charge in [0.05, 0.1) is 34.9 Å². The van der Waals surface area contributed by atoms with Crippen molar-refractivity contribution < 1.29 is 13.9 Å². The standard InChI is InChI=1S/C31H34FN7O2/c1-5-25-29(34-19-24-11-8-22(18-33)28(35-24)21-6-9-23(32)10-7-21)39-27(36-25)13-12-26(37-39)20-14-16-38(17-15-20)30(40)41-31(2,3)4/h6-13,20,34H,5,14-17,19H2,1-4H3. The first kappa shape index (κ1) is 28.0. The lowest BCUT2D eigenvalue weighted by Crippen LogP contribution is -2.41. The van der Waals surface area contributed by atoms with E-state index in [0.29, 0.717) is 36.5 Å². The molecular formula is C31H34FN7O2. The van der Waals surface area contributed by atoms with E-state index in [1.807, 2.05) is 50.4 Å². The third kappa shape index (κ3) is 6.30. The van der Waals surface area contributed by atoms with Crippen molar-refractivity contribution in [1.29, 1.82) is 5.26 Å². The van der Waals surface area contributed by atoms with Crippen LogP contribution in [0.5, 0.6) is 0 Å². The average Bonchev–Trinajstić information content (AvgIpc) is 3.32. The van der Waals surface area contributed by atoms with Crippen LogP contribution in [0, 0.1) is 17.1 Å². The highest BCUT2D eigenvalue weighted by Gasteiger charge is 2.28. The molecule has 1 aliphatic heterocycles. The number of nitriles is 1. The fraction of sp³-hybridized carbons (Fsp3) is 0.387. The summed E-state index contributed by atoms with van der Waals surface area (Å²) in [5.41, 5.74) is 4.43. The SMILES string of the molecule is CCc1nc2ccc(C3CCN(C(=O)OC(C)(C)C)CC3)nn2c1NCc1ccc(C#N)c(-c2ccc(F)cc2)n1. The molecule has 0 unspecified atom stereocenters. The van der Waals surface area contributed by atoms with Gasteiger partial charge in [-0.1, -0.05) is 6.92 Å². The highest BCUT2D eigenvalue weighted by atomic mass is 19.1. The highest BCUT2D eigenvalue weighted by Crippen LogP contribution is 2.29. The number of aryl methyl sites for hydroxylation is 1. The largest absolute Gasteiger partial charge is 0.444 e. The van der Waals surface area contributed by atoms with Crippen LogP contribution in [0.15, 0.2) is 48.5 Å². The minimum Gasteiger partial charge on any atom is -0.444 e. The minimum atomic E-state index is -0.516. The predicted octanol–water partition coefficient (Wildman–Crippen LogP) is 6.09. The molecule has 1 saturated heterocycles. The van der Waals surface area contributed by atoms with Gasteiger partial charge in [0.25, 0.3) is 0 Å². The molecule has 10 heteroatoms. The van der Waals surface area contributed by atoms with Crippen molar-refractivity contribution in [1.82, 2.24) is 24.5 Å². The van der Waals surface area contributed by atoms with Gasteiger partial charge in [0.2, 0.25) is 0 Å². The number of benzene rings is 1. The lowest BCUT2D eigenvalue weighted by atomic mass is 9.93. The van der Waals surface area contributed by atoms with Gasteiger partial charge in [0.1, 0.15) is 17.5 Å². The number of hydrogen-bond donors (Lipinski definition) is 1. The van der Waals surface area contributed by atoms with Gasteiger partial charge in [0, 0.05) is 24.6 Å². The normalized spacial score (nSPS) is 14.2. The molecule has 4 aromatic rings. The number of nitrogens with zero attached hydrogens (tertiary/aromatic N) is 6. The number of pyridine rings is 1. The molecule has 5 rings (SSSR count). The monoisotopic (exact) mass is 555 g/mol. The topological polar surface area (TPSA) is 108 Å². The van der Waals surface area contributed by atoms with Crippen LogP contribution in [0.1, 0.15) is 69.1 Å². The second kappa shape index (κ2) is 11.5. The molecule has 1 aromatic carbocycles. The van der Waals surface area contributed by atoms with E-state index >= 15 is 0 Å². The number of likely N-dealkylation sites (tertiary alicyclic amines) is 1. The van der Waals surface area contributed by atoms with Crippen LogP contribution in [-0.2, 0) is 17.7 Å². The summed E-state index contributed by atoms with van der Waals surface area (Å²) in [6.07, 6.45) is 2.05. The lowest BCUT2D eigenvalue weighted by molar-refractivity contribution is 0.0204. The molecule has 1 amide bonds. The summed E-state index contributed by atoms with van der Waals surface area (Å²) in [6.45, 7) is 9.30. The number of amides is 1.